The molecule has 0 saturated carbocycles. The fourth-order valence-electron chi connectivity index (χ4n) is 18.0. The van der Waals surface area contributed by atoms with Gasteiger partial charge in [-0.1, -0.05) is 139 Å². The number of methoxy groups -OCH3 is 1. The van der Waals surface area contributed by atoms with Crippen LogP contribution in [0.5, 0.6) is 0 Å². The molecule has 0 aromatic carbocycles. The first kappa shape index (κ1) is 133. The van der Waals surface area contributed by atoms with Crippen LogP contribution in [0.25, 0.3) is 0 Å². The third-order valence-electron chi connectivity index (χ3n) is 25.6. The van der Waals surface area contributed by atoms with Crippen molar-refractivity contribution in [3.05, 3.63) is 223 Å². The molecule has 2 aliphatic heterocycles. The quantitative estimate of drug-likeness (QED) is 0.0105. The monoisotopic (exact) mass is 2020 g/mol. The Balaban J connectivity index is 0.000000823. The molecule has 6 aromatic rings. The van der Waals surface area contributed by atoms with Gasteiger partial charge in [0.2, 0.25) is 0 Å². The molecule has 2 fully saturated rings. The zero-order valence-corrected chi connectivity index (χ0v) is 94.2. The first-order valence-corrected chi connectivity index (χ1v) is 55.5. The van der Waals surface area contributed by atoms with Crippen molar-refractivity contribution >= 4 is 48.3 Å². The summed E-state index contributed by atoms with van der Waals surface area (Å²) in [5.74, 6) is 0.0306. The molecule has 0 spiro atoms. The number of nitrogens with zero attached hydrogens (tertiary/aromatic N) is 6. The molecule has 8 aliphatic rings. The first-order valence-electron chi connectivity index (χ1n) is 53.8. The number of carboxylic acid groups (broad SMARTS) is 1. The van der Waals surface area contributed by atoms with E-state index >= 15 is 0 Å². The second kappa shape index (κ2) is 82.8. The molecule has 3 unspecified atom stereocenters. The summed E-state index contributed by atoms with van der Waals surface area (Å²) < 4.78 is 35.6. The number of ether oxygens (including phenoxy) is 3. The molecule has 0 amide bonds. The van der Waals surface area contributed by atoms with Gasteiger partial charge in [-0.3, -0.25) is 53.6 Å². The Kier molecular flexibility index (Phi) is 77.6. The zero-order valence-electron chi connectivity index (χ0n) is 91.2. The van der Waals surface area contributed by atoms with E-state index in [2.05, 4.69) is 77.5 Å². The molecular formula is C118H186AlKLiN6O14P. The molecule has 14 rings (SSSR count). The molecule has 3 atom stereocenters. The van der Waals surface area contributed by atoms with Crippen LogP contribution >= 0.6 is 7.60 Å². The van der Waals surface area contributed by atoms with Crippen LogP contribution in [0, 0.1) is 5.92 Å². The van der Waals surface area contributed by atoms with E-state index in [4.69, 9.17) is 53.5 Å². The number of aromatic nitrogens is 6. The number of hydrogen-bond donors (Lipinski definition) is 3. The smallest absolute Gasteiger partial charge is 1.00 e. The molecular weight excluding hydrogens is 1830 g/mol. The van der Waals surface area contributed by atoms with E-state index in [0.29, 0.717) is 31.6 Å². The molecule has 24 heteroatoms. The largest absolute Gasteiger partial charge is 1.00 e. The SMILES string of the molecule is C/C=C/C(=O)CCCCc1ccc2c(n1)CCCC2.C/C=C/C(=O)CCCCc1ccc2c(n1)CCCC2.C/C=C/C(O)CCCCc1ccc2c(n1)CCCC2.C/C=C/C(O)CCCCc1ccc2c(n1)CCCC2.C1CCOC1.C1CCOC1.CC(C)(C)[O-].CC(CCCCCCc1ccc2c(n1)CCCC2)CC(=O)O.COC.COP(=O)(CC(=O)CCCCc1ccc2c(n1)CCCC2)OC.[AlH3].[H-].[K+].[Li+]. The van der Waals surface area contributed by atoms with Gasteiger partial charge < -0.3 is 45.1 Å². The van der Waals surface area contributed by atoms with E-state index in [9.17, 15) is 39.1 Å². The van der Waals surface area contributed by atoms with Gasteiger partial charge in [0.1, 0.15) is 11.9 Å². The van der Waals surface area contributed by atoms with Gasteiger partial charge in [-0.25, -0.2) is 0 Å². The van der Waals surface area contributed by atoms with Crippen molar-refractivity contribution in [2.45, 2.75) is 426 Å². The number of pyridine rings is 6. The first-order chi connectivity index (χ1) is 67.3. The number of carbonyl (C=O) groups is 4. The van der Waals surface area contributed by atoms with Gasteiger partial charge in [0.25, 0.3) is 0 Å². The number of allylic oxidation sites excluding steroid dienone is 6. The number of Topliss-reactive ketones (excluding diaryl/α,β-unsaturated/α-hetero) is 1. The summed E-state index contributed by atoms with van der Waals surface area (Å²) in [6, 6.07) is 26.5. The Morgan fingerprint density at radius 2 is 0.634 bits per heavy atom. The minimum Gasteiger partial charge on any atom is -1.00 e. The van der Waals surface area contributed by atoms with Gasteiger partial charge in [-0.15, -0.1) is 5.60 Å². The van der Waals surface area contributed by atoms with Crippen LogP contribution in [-0.4, -0.2) is 165 Å². The predicted octanol–water partition coefficient (Wildman–Crippen LogP) is 18.1. The van der Waals surface area contributed by atoms with Crippen LogP contribution in [-0.2, 0) is 163 Å². The van der Waals surface area contributed by atoms with Crippen molar-refractivity contribution in [1.29, 1.82) is 0 Å². The molecule has 6 aliphatic carbocycles. The Morgan fingerprint density at radius 1 is 0.394 bits per heavy atom. The molecule has 782 valence electrons. The van der Waals surface area contributed by atoms with Crippen LogP contribution in [0.3, 0.4) is 0 Å². The number of hydrogen-bond acceptors (Lipinski definition) is 19. The number of aliphatic hydroxyl groups is 2. The van der Waals surface area contributed by atoms with Crippen molar-refractivity contribution in [1.82, 2.24) is 29.9 Å². The number of aryl methyl sites for hydroxylation is 18. The second-order valence-electron chi connectivity index (χ2n) is 39.4. The van der Waals surface area contributed by atoms with Crippen molar-refractivity contribution in [2.75, 3.05) is 61.0 Å². The van der Waals surface area contributed by atoms with E-state index in [0.717, 1.165) is 205 Å². The molecule has 0 bridgehead atoms. The second-order valence-corrected chi connectivity index (χ2v) is 41.7. The number of ketones is 3. The molecule has 142 heavy (non-hydrogen) atoms. The summed E-state index contributed by atoms with van der Waals surface area (Å²) in [6.07, 6.45) is 74.0. The average molecular weight is 2020 g/mol. The van der Waals surface area contributed by atoms with E-state index in [1.165, 1.54) is 264 Å². The van der Waals surface area contributed by atoms with E-state index in [1.54, 1.807) is 47.1 Å². The number of rotatable bonds is 42. The van der Waals surface area contributed by atoms with Crippen molar-refractivity contribution < 1.29 is 139 Å². The molecule has 0 radical (unpaired) electrons. The summed E-state index contributed by atoms with van der Waals surface area (Å²) in [6.45, 7) is 18.6. The third kappa shape index (κ3) is 63.1. The number of fused-ring (bicyclic) bond motifs is 6. The van der Waals surface area contributed by atoms with E-state index in [1.807, 2.05) is 71.1 Å². The Labute approximate surface area is 925 Å². The van der Waals surface area contributed by atoms with Gasteiger partial charge in [-0.05, 0) is 404 Å². The fraction of sp³-hybridized carbons (Fsp3) is 0.644. The Hall–Kier alpha value is -4.98. The van der Waals surface area contributed by atoms with Crippen molar-refractivity contribution in [3.8, 4) is 0 Å². The van der Waals surface area contributed by atoms with Crippen LogP contribution in [0.15, 0.2) is 121 Å². The third-order valence-corrected chi connectivity index (χ3v) is 27.5. The molecule has 20 nitrogen and oxygen atoms in total. The Bertz CT molecular complexity index is 4370. The van der Waals surface area contributed by atoms with Gasteiger partial charge in [0.05, 0.1) is 12.2 Å². The number of aliphatic hydroxyl groups excluding tert-OH is 2. The van der Waals surface area contributed by atoms with Crippen LogP contribution < -0.4 is 75.4 Å². The maximum absolute atomic E-state index is 11.9. The normalized spacial score (nSPS) is 15.3. The van der Waals surface area contributed by atoms with Crippen molar-refractivity contribution in [3.63, 3.8) is 0 Å². The number of carboxylic acids is 1. The minimum atomic E-state index is -3.22. The zero-order chi connectivity index (χ0) is 101. The van der Waals surface area contributed by atoms with Crippen LogP contribution in [0.4, 0.5) is 0 Å². The summed E-state index contributed by atoms with van der Waals surface area (Å²) in [7, 11) is 2.64. The summed E-state index contributed by atoms with van der Waals surface area (Å²) >= 11 is 0. The summed E-state index contributed by atoms with van der Waals surface area (Å²) in [4.78, 5) is 73.8. The van der Waals surface area contributed by atoms with Crippen LogP contribution in [0.1, 0.15) is 396 Å². The number of carbonyl (C=O) groups excluding carboxylic acids is 3. The van der Waals surface area contributed by atoms with E-state index < -0.39 is 19.2 Å². The Morgan fingerprint density at radius 3 is 0.873 bits per heavy atom. The maximum atomic E-state index is 11.9. The maximum Gasteiger partial charge on any atom is 1.00 e. The summed E-state index contributed by atoms with van der Waals surface area (Å²) in [5.41, 5.74) is 23.0. The molecule has 6 aromatic heterocycles. The van der Waals surface area contributed by atoms with E-state index in [-0.39, 0.29) is 125 Å². The van der Waals surface area contributed by atoms with Gasteiger partial charge in [0, 0.05) is 149 Å². The van der Waals surface area contributed by atoms with Gasteiger partial charge in [-0.2, -0.15) is 0 Å². The van der Waals surface area contributed by atoms with Gasteiger partial charge in [0.15, 0.2) is 28.9 Å². The van der Waals surface area contributed by atoms with Gasteiger partial charge >= 0.3 is 83.8 Å². The average Bonchev–Trinajstić information content (AvgIpc) is 1.57. The van der Waals surface area contributed by atoms with Crippen molar-refractivity contribution in [2.24, 2.45) is 5.92 Å². The predicted molar refractivity (Wildman–Crippen MR) is 578 cm³/mol. The topological polar surface area (TPSA) is 293 Å². The standard InChI is InChI=1S/C19H29NO2.C17H26NO4P.2C17H25NO.2C17H23NO.2C4H8O.C4H9O.C2H6O.Al.K.Li.4H/c1-15(14-19(21)22)8-4-2-3-5-10-17-13-12-16-9-6-7-11-18(16)20-17;1-21-23(20,22-2)13-16(19)9-5-4-8-15-12-11-14-7-3-6-10-17(14)18-15;4*1-2-7-16(19)10-5-4-9-15-13-12-14-8-3-6-11-17(14)18-15;2*1-2-4-5-3-1;1-4(2,3)5;1-3-2;;;;;;;/h12-13,15H,2-11,14H2,1H3,(H,21,22);11-12H,3-10,13H2,1-2H3;2*2,7,12-13,16,19H,3-6,8-11H2,1H3;2*2,7,12-13H,3-6,8-11H2,1H3;2*1-4H2;1-3H3;1-2H3;;;;;;;/q;;;;;;;;-1;;;2*+1;;;;-1/b;;4*7-2+;;;;;;;;;;;. The molecule has 8 heterocycles. The molecule has 2 saturated heterocycles. The number of aliphatic carboxylic acids is 1. The minimum absolute atomic E-state index is 0. The number of unbranched alkanes of at least 4 members (excludes halogenated alkanes) is 8. The summed E-state index contributed by atoms with van der Waals surface area (Å²) in [5, 5.41) is 38.0. The fourth-order valence-corrected chi connectivity index (χ4v) is 19.0. The van der Waals surface area contributed by atoms with Crippen LogP contribution in [0.2, 0.25) is 0 Å². The molecule has 3 N–H and O–H groups in total.